The third kappa shape index (κ3) is 2.53. The fraction of sp³-hybridized carbons (Fsp3) is 0.167. The van der Waals surface area contributed by atoms with Crippen LogP contribution in [0.4, 0.5) is 5.69 Å². The maximum absolute atomic E-state index is 11.6. The zero-order valence-electron chi connectivity index (χ0n) is 9.74. The summed E-state index contributed by atoms with van der Waals surface area (Å²) in [5.74, 6) is 0. The van der Waals surface area contributed by atoms with Crippen molar-refractivity contribution in [3.63, 3.8) is 0 Å². The fourth-order valence-corrected chi connectivity index (χ4v) is 2.01. The molecule has 0 fully saturated rings. The van der Waals surface area contributed by atoms with E-state index >= 15 is 0 Å². The average molecular weight is 310 g/mol. The van der Waals surface area contributed by atoms with E-state index in [1.165, 1.54) is 10.8 Å². The number of nitrogen functional groups attached to an aromatic ring is 1. The van der Waals surface area contributed by atoms with E-state index in [4.69, 9.17) is 5.73 Å². The highest BCUT2D eigenvalue weighted by Crippen LogP contribution is 2.18. The number of H-pyrrole nitrogens is 1. The summed E-state index contributed by atoms with van der Waals surface area (Å²) >= 11 is 3.32. The molecule has 2 aromatic rings. The molecular weight excluding hydrogens is 298 g/mol. The van der Waals surface area contributed by atoms with Crippen molar-refractivity contribution in [1.29, 1.82) is 0 Å². The average Bonchev–Trinajstić information content (AvgIpc) is 2.29. The molecule has 0 saturated carbocycles. The minimum absolute atomic E-state index is 0.329. The largest absolute Gasteiger partial charge is 0.398 e. The molecule has 5 nitrogen and oxygen atoms in total. The molecule has 2 rings (SSSR count). The smallest absolute Gasteiger partial charge is 0.328 e. The first-order valence-corrected chi connectivity index (χ1v) is 6.11. The monoisotopic (exact) mass is 309 g/mol. The summed E-state index contributed by atoms with van der Waals surface area (Å²) in [4.78, 5) is 25.1. The van der Waals surface area contributed by atoms with Crippen LogP contribution in [0.2, 0.25) is 0 Å². The molecule has 6 heteroatoms. The Labute approximate surface area is 111 Å². The summed E-state index contributed by atoms with van der Waals surface area (Å²) in [6.07, 6.45) is 1.53. The van der Waals surface area contributed by atoms with Gasteiger partial charge in [0.25, 0.3) is 5.56 Å². The third-order valence-corrected chi connectivity index (χ3v) is 3.13. The second-order valence-corrected chi connectivity index (χ2v) is 4.96. The molecule has 0 bridgehead atoms. The second kappa shape index (κ2) is 4.81. The number of hydrogen-bond acceptors (Lipinski definition) is 3. The molecular formula is C12H12BrN3O2. The normalized spacial score (nSPS) is 10.6. The van der Waals surface area contributed by atoms with Crippen molar-refractivity contribution in [1.82, 2.24) is 9.55 Å². The van der Waals surface area contributed by atoms with Crippen molar-refractivity contribution in [2.45, 2.75) is 13.5 Å². The van der Waals surface area contributed by atoms with Crippen molar-refractivity contribution in [3.8, 4) is 0 Å². The lowest BCUT2D eigenvalue weighted by Gasteiger charge is -2.09. The van der Waals surface area contributed by atoms with Gasteiger partial charge in [-0.05, 0) is 24.6 Å². The van der Waals surface area contributed by atoms with Gasteiger partial charge in [-0.1, -0.05) is 22.0 Å². The maximum Gasteiger partial charge on any atom is 0.328 e. The molecule has 0 amide bonds. The Hall–Kier alpha value is -1.82. The van der Waals surface area contributed by atoms with E-state index in [-0.39, 0.29) is 5.56 Å². The molecule has 94 valence electrons. The number of rotatable bonds is 2. The standard InChI is InChI=1S/C12H12BrN3O2/c1-7-5-16(12(18)15-11(7)17)6-8-2-3-9(13)4-10(8)14/h2-5H,6,14H2,1H3,(H,15,17,18). The molecule has 0 aliphatic carbocycles. The Morgan fingerprint density at radius 2 is 2.11 bits per heavy atom. The zero-order valence-corrected chi connectivity index (χ0v) is 11.3. The molecule has 1 aromatic heterocycles. The van der Waals surface area contributed by atoms with Gasteiger partial charge in [-0.25, -0.2) is 4.79 Å². The van der Waals surface area contributed by atoms with E-state index in [0.29, 0.717) is 17.8 Å². The van der Waals surface area contributed by atoms with Gasteiger partial charge in [-0.2, -0.15) is 0 Å². The van der Waals surface area contributed by atoms with E-state index < -0.39 is 5.69 Å². The molecule has 0 aliphatic heterocycles. The van der Waals surface area contributed by atoms with Crippen LogP contribution < -0.4 is 17.0 Å². The van der Waals surface area contributed by atoms with Crippen molar-refractivity contribution < 1.29 is 0 Å². The van der Waals surface area contributed by atoms with Crippen molar-refractivity contribution in [2.24, 2.45) is 0 Å². The number of anilines is 1. The molecule has 0 atom stereocenters. The Bertz CT molecular complexity index is 703. The number of nitrogens with one attached hydrogen (secondary N) is 1. The summed E-state index contributed by atoms with van der Waals surface area (Å²) in [7, 11) is 0. The van der Waals surface area contributed by atoms with E-state index in [0.717, 1.165) is 10.0 Å². The van der Waals surface area contributed by atoms with Crippen LogP contribution in [0.5, 0.6) is 0 Å². The van der Waals surface area contributed by atoms with Crippen LogP contribution in [0, 0.1) is 6.92 Å². The van der Waals surface area contributed by atoms with Crippen LogP contribution in [0.3, 0.4) is 0 Å². The van der Waals surface area contributed by atoms with Gasteiger partial charge in [0, 0.05) is 21.9 Å². The summed E-state index contributed by atoms with van der Waals surface area (Å²) in [5, 5.41) is 0. The lowest BCUT2D eigenvalue weighted by molar-refractivity contribution is 0.715. The van der Waals surface area contributed by atoms with Crippen LogP contribution in [0.1, 0.15) is 11.1 Å². The quantitative estimate of drug-likeness (QED) is 0.819. The summed E-state index contributed by atoms with van der Waals surface area (Å²) < 4.78 is 2.31. The molecule has 0 aliphatic rings. The third-order valence-electron chi connectivity index (χ3n) is 2.64. The predicted molar refractivity (Wildman–Crippen MR) is 73.7 cm³/mol. The molecule has 3 N–H and O–H groups in total. The molecule has 0 unspecified atom stereocenters. The lowest BCUT2D eigenvalue weighted by Crippen LogP contribution is -2.31. The summed E-state index contributed by atoms with van der Waals surface area (Å²) in [6.45, 7) is 1.98. The van der Waals surface area contributed by atoms with E-state index in [1.807, 2.05) is 12.1 Å². The second-order valence-electron chi connectivity index (χ2n) is 4.04. The van der Waals surface area contributed by atoms with E-state index in [1.54, 1.807) is 13.0 Å². The summed E-state index contributed by atoms with van der Waals surface area (Å²) in [6, 6.07) is 5.47. The fourth-order valence-electron chi connectivity index (χ4n) is 1.63. The number of halogens is 1. The highest BCUT2D eigenvalue weighted by atomic mass is 79.9. The minimum Gasteiger partial charge on any atom is -0.398 e. The SMILES string of the molecule is Cc1cn(Cc2ccc(Br)cc2N)c(=O)[nH]c1=O. The molecule has 0 spiro atoms. The number of nitrogens with two attached hydrogens (primary N) is 1. The van der Waals surface area contributed by atoms with Gasteiger partial charge in [0.2, 0.25) is 0 Å². The van der Waals surface area contributed by atoms with Gasteiger partial charge in [0.15, 0.2) is 0 Å². The van der Waals surface area contributed by atoms with Crippen molar-refractivity contribution in [2.75, 3.05) is 5.73 Å². The number of benzene rings is 1. The topological polar surface area (TPSA) is 80.9 Å². The van der Waals surface area contributed by atoms with Gasteiger partial charge in [0.1, 0.15) is 0 Å². The number of hydrogen-bond donors (Lipinski definition) is 2. The Morgan fingerprint density at radius 3 is 2.78 bits per heavy atom. The first-order valence-electron chi connectivity index (χ1n) is 5.31. The van der Waals surface area contributed by atoms with Crippen LogP contribution in [0.25, 0.3) is 0 Å². The van der Waals surface area contributed by atoms with Crippen LogP contribution in [0.15, 0.2) is 38.5 Å². The maximum atomic E-state index is 11.6. The van der Waals surface area contributed by atoms with E-state index in [2.05, 4.69) is 20.9 Å². The number of aromatic amines is 1. The molecule has 0 saturated heterocycles. The van der Waals surface area contributed by atoms with Gasteiger partial charge < -0.3 is 5.73 Å². The number of aryl methyl sites for hydroxylation is 1. The van der Waals surface area contributed by atoms with Crippen molar-refractivity contribution >= 4 is 21.6 Å². The molecule has 1 heterocycles. The lowest BCUT2D eigenvalue weighted by atomic mass is 10.2. The molecule has 0 radical (unpaired) electrons. The highest BCUT2D eigenvalue weighted by molar-refractivity contribution is 9.10. The van der Waals surface area contributed by atoms with Crippen LogP contribution in [-0.2, 0) is 6.54 Å². The van der Waals surface area contributed by atoms with Crippen LogP contribution >= 0.6 is 15.9 Å². The first kappa shape index (κ1) is 12.6. The van der Waals surface area contributed by atoms with Crippen molar-refractivity contribution in [3.05, 3.63) is 60.8 Å². The Balaban J connectivity index is 2.43. The predicted octanol–water partition coefficient (Wildman–Crippen LogP) is 1.24. The van der Waals surface area contributed by atoms with E-state index in [9.17, 15) is 9.59 Å². The minimum atomic E-state index is -0.437. The van der Waals surface area contributed by atoms with Crippen LogP contribution in [-0.4, -0.2) is 9.55 Å². The van der Waals surface area contributed by atoms with Gasteiger partial charge in [-0.3, -0.25) is 14.3 Å². The Morgan fingerprint density at radius 1 is 1.39 bits per heavy atom. The molecule has 18 heavy (non-hydrogen) atoms. The van der Waals surface area contributed by atoms with Gasteiger partial charge in [-0.15, -0.1) is 0 Å². The Kier molecular flexibility index (Phi) is 3.38. The van der Waals surface area contributed by atoms with Gasteiger partial charge >= 0.3 is 5.69 Å². The summed E-state index contributed by atoms with van der Waals surface area (Å²) in [5.41, 5.74) is 6.99. The molecule has 1 aromatic carbocycles. The first-order chi connectivity index (χ1) is 8.47. The zero-order chi connectivity index (χ0) is 13.3. The van der Waals surface area contributed by atoms with Gasteiger partial charge in [0.05, 0.1) is 6.54 Å². The highest BCUT2D eigenvalue weighted by Gasteiger charge is 2.04. The number of nitrogens with zero attached hydrogens (tertiary/aromatic N) is 1. The number of aromatic nitrogens is 2.